The van der Waals surface area contributed by atoms with Crippen LogP contribution in [0.4, 0.5) is 0 Å². The molecule has 1 aliphatic rings. The molecule has 1 aromatic heterocycles. The smallest absolute Gasteiger partial charge is 0.225 e. The van der Waals surface area contributed by atoms with Gasteiger partial charge in [0.05, 0.1) is 3.79 Å². The van der Waals surface area contributed by atoms with Crippen LogP contribution in [0.1, 0.15) is 38.2 Å². The molecule has 0 aromatic carbocycles. The number of hydrogen-bond acceptors (Lipinski definition) is 3. The molecule has 0 radical (unpaired) electrons. The number of carbonyl (C=O) groups is 2. The molecule has 122 valence electrons. The second-order valence-electron chi connectivity index (χ2n) is 5.86. The lowest BCUT2D eigenvalue weighted by molar-refractivity contribution is -0.140. The summed E-state index contributed by atoms with van der Waals surface area (Å²) >= 11 is 5.08. The van der Waals surface area contributed by atoms with Gasteiger partial charge in [-0.25, -0.2) is 0 Å². The van der Waals surface area contributed by atoms with Crippen LogP contribution in [0.3, 0.4) is 0 Å². The summed E-state index contributed by atoms with van der Waals surface area (Å²) in [6.07, 6.45) is 3.07. The molecule has 0 atom stereocenters. The van der Waals surface area contributed by atoms with Gasteiger partial charge in [0, 0.05) is 39.0 Å². The van der Waals surface area contributed by atoms with Gasteiger partial charge < -0.3 is 9.80 Å². The molecule has 2 rings (SSSR count). The Morgan fingerprint density at radius 1 is 1.41 bits per heavy atom. The van der Waals surface area contributed by atoms with Crippen molar-refractivity contribution in [1.82, 2.24) is 9.80 Å². The highest BCUT2D eigenvalue weighted by Gasteiger charge is 2.28. The molecule has 0 bridgehead atoms. The first-order chi connectivity index (χ1) is 10.5. The monoisotopic (exact) mass is 386 g/mol. The Bertz CT molecular complexity index is 524. The second kappa shape index (κ2) is 8.11. The van der Waals surface area contributed by atoms with Gasteiger partial charge in [-0.15, -0.1) is 11.3 Å². The van der Waals surface area contributed by atoms with Crippen LogP contribution in [0.25, 0.3) is 0 Å². The lowest BCUT2D eigenvalue weighted by Gasteiger charge is -2.33. The fraction of sp³-hybridized carbons (Fsp3) is 0.625. The summed E-state index contributed by atoms with van der Waals surface area (Å²) in [6.45, 7) is 4.10. The Labute approximate surface area is 144 Å². The fourth-order valence-electron chi connectivity index (χ4n) is 2.84. The van der Waals surface area contributed by atoms with Crippen LogP contribution in [0.2, 0.25) is 0 Å². The van der Waals surface area contributed by atoms with E-state index in [4.69, 9.17) is 0 Å². The Morgan fingerprint density at radius 2 is 2.09 bits per heavy atom. The first kappa shape index (κ1) is 17.5. The zero-order valence-corrected chi connectivity index (χ0v) is 15.6. The standard InChI is InChI=1S/C16H23BrN2O2S/c1-3-4-15(20)19-7-5-13(6-8-19)16(21)18(2)10-12-9-14(17)22-11-12/h9,11,13H,3-8,10H2,1-2H3. The predicted octanol–water partition coefficient (Wildman–Crippen LogP) is 3.51. The van der Waals surface area contributed by atoms with Crippen molar-refractivity contribution in [1.29, 1.82) is 0 Å². The molecule has 0 spiro atoms. The summed E-state index contributed by atoms with van der Waals surface area (Å²) in [5.74, 6) is 0.479. The van der Waals surface area contributed by atoms with E-state index >= 15 is 0 Å². The average Bonchev–Trinajstić information content (AvgIpc) is 2.92. The number of likely N-dealkylation sites (tertiary alicyclic amines) is 1. The maximum Gasteiger partial charge on any atom is 0.225 e. The number of amides is 2. The summed E-state index contributed by atoms with van der Waals surface area (Å²) in [6, 6.07) is 2.06. The van der Waals surface area contributed by atoms with Crippen LogP contribution in [-0.2, 0) is 16.1 Å². The van der Waals surface area contributed by atoms with Crippen molar-refractivity contribution in [2.75, 3.05) is 20.1 Å². The molecule has 0 unspecified atom stereocenters. The number of rotatable bonds is 5. The highest BCUT2D eigenvalue weighted by Crippen LogP contribution is 2.24. The van der Waals surface area contributed by atoms with Gasteiger partial charge in [-0.3, -0.25) is 9.59 Å². The second-order valence-corrected chi connectivity index (χ2v) is 8.15. The molecule has 0 aliphatic carbocycles. The van der Waals surface area contributed by atoms with Gasteiger partial charge in [-0.05, 0) is 52.2 Å². The molecule has 1 saturated heterocycles. The van der Waals surface area contributed by atoms with Crippen LogP contribution >= 0.6 is 27.3 Å². The van der Waals surface area contributed by atoms with E-state index in [0.717, 1.165) is 28.6 Å². The van der Waals surface area contributed by atoms with Crippen LogP contribution in [0.15, 0.2) is 15.2 Å². The summed E-state index contributed by atoms with van der Waals surface area (Å²) in [5, 5.41) is 2.07. The van der Waals surface area contributed by atoms with Gasteiger partial charge in [0.2, 0.25) is 11.8 Å². The maximum atomic E-state index is 12.5. The minimum Gasteiger partial charge on any atom is -0.343 e. The van der Waals surface area contributed by atoms with Gasteiger partial charge in [0.1, 0.15) is 0 Å². The minimum atomic E-state index is 0.0535. The van der Waals surface area contributed by atoms with E-state index in [1.807, 2.05) is 23.8 Å². The SMILES string of the molecule is CCCC(=O)N1CCC(C(=O)N(C)Cc2csc(Br)c2)CC1. The van der Waals surface area contributed by atoms with Crippen molar-refractivity contribution in [2.24, 2.45) is 5.92 Å². The number of piperidine rings is 1. The highest BCUT2D eigenvalue weighted by molar-refractivity contribution is 9.11. The van der Waals surface area contributed by atoms with Gasteiger partial charge in [0.15, 0.2) is 0 Å². The molecule has 0 saturated carbocycles. The van der Waals surface area contributed by atoms with Gasteiger partial charge >= 0.3 is 0 Å². The molecular weight excluding hydrogens is 364 g/mol. The van der Waals surface area contributed by atoms with E-state index in [1.165, 1.54) is 0 Å². The zero-order chi connectivity index (χ0) is 16.1. The van der Waals surface area contributed by atoms with E-state index in [1.54, 1.807) is 11.3 Å². The van der Waals surface area contributed by atoms with Crippen molar-refractivity contribution >= 4 is 39.1 Å². The lowest BCUT2D eigenvalue weighted by atomic mass is 9.95. The zero-order valence-electron chi connectivity index (χ0n) is 13.2. The predicted molar refractivity (Wildman–Crippen MR) is 92.7 cm³/mol. The molecule has 1 fully saturated rings. The molecule has 4 nitrogen and oxygen atoms in total. The first-order valence-electron chi connectivity index (χ1n) is 7.77. The van der Waals surface area contributed by atoms with Crippen molar-refractivity contribution in [2.45, 2.75) is 39.2 Å². The number of hydrogen-bond donors (Lipinski definition) is 0. The van der Waals surface area contributed by atoms with Crippen molar-refractivity contribution in [3.63, 3.8) is 0 Å². The van der Waals surface area contributed by atoms with Crippen molar-refractivity contribution < 1.29 is 9.59 Å². The molecule has 6 heteroatoms. The van der Waals surface area contributed by atoms with Crippen LogP contribution in [-0.4, -0.2) is 41.8 Å². The van der Waals surface area contributed by atoms with Gasteiger partial charge in [-0.1, -0.05) is 6.92 Å². The van der Waals surface area contributed by atoms with Crippen LogP contribution < -0.4 is 0 Å². The summed E-state index contributed by atoms with van der Waals surface area (Å²) in [4.78, 5) is 28.1. The topological polar surface area (TPSA) is 40.6 Å². The Kier molecular flexibility index (Phi) is 6.44. The molecule has 2 heterocycles. The van der Waals surface area contributed by atoms with Gasteiger partial charge in [0.25, 0.3) is 0 Å². The molecular formula is C16H23BrN2O2S. The normalized spacial score (nSPS) is 15.9. The number of nitrogens with zero attached hydrogens (tertiary/aromatic N) is 2. The van der Waals surface area contributed by atoms with Crippen LogP contribution in [0, 0.1) is 5.92 Å². The summed E-state index contributed by atoms with van der Waals surface area (Å²) in [5.41, 5.74) is 1.16. The average molecular weight is 387 g/mol. The van der Waals surface area contributed by atoms with Crippen molar-refractivity contribution in [3.8, 4) is 0 Å². The third-order valence-corrected chi connectivity index (χ3v) is 5.63. The minimum absolute atomic E-state index is 0.0535. The van der Waals surface area contributed by atoms with E-state index in [-0.39, 0.29) is 17.7 Å². The first-order valence-corrected chi connectivity index (χ1v) is 9.44. The Morgan fingerprint density at radius 3 is 2.64 bits per heavy atom. The lowest BCUT2D eigenvalue weighted by Crippen LogP contribution is -2.43. The van der Waals surface area contributed by atoms with E-state index < -0.39 is 0 Å². The highest BCUT2D eigenvalue weighted by atomic mass is 79.9. The summed E-state index contributed by atoms with van der Waals surface area (Å²) < 4.78 is 1.09. The molecule has 0 N–H and O–H groups in total. The van der Waals surface area contributed by atoms with E-state index in [2.05, 4.69) is 27.4 Å². The fourth-order valence-corrected chi connectivity index (χ4v) is 4.04. The Hall–Kier alpha value is -0.880. The van der Waals surface area contributed by atoms with E-state index in [9.17, 15) is 9.59 Å². The third kappa shape index (κ3) is 4.56. The number of halogens is 1. The van der Waals surface area contributed by atoms with Crippen molar-refractivity contribution in [3.05, 3.63) is 20.8 Å². The van der Waals surface area contributed by atoms with Gasteiger partial charge in [-0.2, -0.15) is 0 Å². The number of thiophene rings is 1. The molecule has 2 amide bonds. The largest absolute Gasteiger partial charge is 0.343 e. The third-order valence-electron chi connectivity index (χ3n) is 4.08. The van der Waals surface area contributed by atoms with E-state index in [0.29, 0.717) is 26.1 Å². The Balaban J connectivity index is 1.82. The molecule has 22 heavy (non-hydrogen) atoms. The van der Waals surface area contributed by atoms with Crippen LogP contribution in [0.5, 0.6) is 0 Å². The summed E-state index contributed by atoms with van der Waals surface area (Å²) in [7, 11) is 1.86. The maximum absolute atomic E-state index is 12.5. The number of carbonyl (C=O) groups excluding carboxylic acids is 2. The molecule has 1 aliphatic heterocycles. The quantitative estimate of drug-likeness (QED) is 0.776. The molecule has 1 aromatic rings.